The standard InChI is InChI=1S/C18H20FN3O4/c1-26-16-3-2-14(19)8-12(16)9-17(23)21-6-4-15(5-7-21)22-11-13(10-20-22)18(24)25/h2-3,8,10-11,15H,4-7,9H2,1H3,(H,24,25). The predicted octanol–water partition coefficient (Wildman–Crippen LogP) is 2.14. The Labute approximate surface area is 150 Å². The summed E-state index contributed by atoms with van der Waals surface area (Å²) in [5, 5.41) is 13.1. The molecule has 1 N–H and O–H groups in total. The molecule has 0 aliphatic carbocycles. The van der Waals surface area contributed by atoms with Crippen LogP contribution in [0, 0.1) is 5.82 Å². The van der Waals surface area contributed by atoms with Crippen LogP contribution in [0.5, 0.6) is 5.75 Å². The summed E-state index contributed by atoms with van der Waals surface area (Å²) in [5.41, 5.74) is 0.680. The Balaban J connectivity index is 1.60. The summed E-state index contributed by atoms with van der Waals surface area (Å²) >= 11 is 0. The molecule has 1 aliphatic rings. The van der Waals surface area contributed by atoms with Gasteiger partial charge in [0.05, 0.1) is 31.3 Å². The van der Waals surface area contributed by atoms with Crippen LogP contribution in [0.1, 0.15) is 34.8 Å². The molecule has 0 bridgehead atoms. The monoisotopic (exact) mass is 361 g/mol. The number of amides is 1. The Morgan fingerprint density at radius 1 is 1.35 bits per heavy atom. The topological polar surface area (TPSA) is 84.7 Å². The molecule has 3 rings (SSSR count). The zero-order valence-corrected chi connectivity index (χ0v) is 14.4. The van der Waals surface area contributed by atoms with Crippen LogP contribution in [0.3, 0.4) is 0 Å². The molecule has 26 heavy (non-hydrogen) atoms. The molecular weight excluding hydrogens is 341 g/mol. The summed E-state index contributed by atoms with van der Waals surface area (Å²) in [6.07, 6.45) is 4.30. The van der Waals surface area contributed by atoms with Crippen molar-refractivity contribution in [2.75, 3.05) is 20.2 Å². The summed E-state index contributed by atoms with van der Waals surface area (Å²) in [6.45, 7) is 1.09. The molecule has 0 radical (unpaired) electrons. The van der Waals surface area contributed by atoms with Gasteiger partial charge in [0.2, 0.25) is 5.91 Å². The fraction of sp³-hybridized carbons (Fsp3) is 0.389. The minimum Gasteiger partial charge on any atom is -0.496 e. The van der Waals surface area contributed by atoms with E-state index in [0.717, 1.165) is 0 Å². The van der Waals surface area contributed by atoms with Crippen LogP contribution >= 0.6 is 0 Å². The third-order valence-electron chi connectivity index (χ3n) is 4.62. The number of ether oxygens (including phenoxy) is 1. The van der Waals surface area contributed by atoms with Gasteiger partial charge in [-0.15, -0.1) is 0 Å². The number of benzene rings is 1. The number of carboxylic acids is 1. The summed E-state index contributed by atoms with van der Waals surface area (Å²) in [7, 11) is 1.49. The number of aromatic nitrogens is 2. The Morgan fingerprint density at radius 2 is 2.08 bits per heavy atom. The third kappa shape index (κ3) is 3.84. The molecule has 1 amide bonds. The van der Waals surface area contributed by atoms with E-state index in [4.69, 9.17) is 9.84 Å². The van der Waals surface area contributed by atoms with Gasteiger partial charge in [-0.2, -0.15) is 5.10 Å². The van der Waals surface area contributed by atoms with Crippen molar-refractivity contribution in [3.05, 3.63) is 47.5 Å². The van der Waals surface area contributed by atoms with Crippen molar-refractivity contribution >= 4 is 11.9 Å². The van der Waals surface area contributed by atoms with E-state index in [9.17, 15) is 14.0 Å². The second kappa shape index (κ2) is 7.55. The third-order valence-corrected chi connectivity index (χ3v) is 4.62. The Kier molecular flexibility index (Phi) is 5.20. The molecular formula is C18H20FN3O4. The van der Waals surface area contributed by atoms with Crippen LogP contribution in [-0.2, 0) is 11.2 Å². The molecule has 2 aromatic rings. The van der Waals surface area contributed by atoms with Crippen molar-refractivity contribution in [3.8, 4) is 5.75 Å². The van der Waals surface area contributed by atoms with E-state index in [0.29, 0.717) is 37.2 Å². The number of piperidine rings is 1. The van der Waals surface area contributed by atoms with Crippen molar-refractivity contribution < 1.29 is 23.8 Å². The highest BCUT2D eigenvalue weighted by Gasteiger charge is 2.25. The van der Waals surface area contributed by atoms with E-state index in [1.54, 1.807) is 9.58 Å². The van der Waals surface area contributed by atoms with Crippen LogP contribution in [0.15, 0.2) is 30.6 Å². The number of halogens is 1. The molecule has 2 heterocycles. The van der Waals surface area contributed by atoms with Gasteiger partial charge in [-0.1, -0.05) is 0 Å². The summed E-state index contributed by atoms with van der Waals surface area (Å²) in [4.78, 5) is 25.2. The average molecular weight is 361 g/mol. The number of nitrogens with zero attached hydrogens (tertiary/aromatic N) is 3. The quantitative estimate of drug-likeness (QED) is 0.882. The number of hydrogen-bond donors (Lipinski definition) is 1. The maximum atomic E-state index is 13.4. The van der Waals surface area contributed by atoms with E-state index in [-0.39, 0.29) is 23.9 Å². The van der Waals surface area contributed by atoms with Gasteiger partial charge in [0.1, 0.15) is 11.6 Å². The lowest BCUT2D eigenvalue weighted by Crippen LogP contribution is -2.40. The molecule has 7 nitrogen and oxygen atoms in total. The number of rotatable bonds is 5. The Morgan fingerprint density at radius 3 is 2.69 bits per heavy atom. The predicted molar refractivity (Wildman–Crippen MR) is 90.7 cm³/mol. The van der Waals surface area contributed by atoms with Crippen molar-refractivity contribution in [2.45, 2.75) is 25.3 Å². The van der Waals surface area contributed by atoms with Gasteiger partial charge in [-0.3, -0.25) is 9.48 Å². The first-order valence-electron chi connectivity index (χ1n) is 8.35. The summed E-state index contributed by atoms with van der Waals surface area (Å²) in [5.74, 6) is -1.00. The summed E-state index contributed by atoms with van der Waals surface area (Å²) < 4.78 is 20.3. The zero-order chi connectivity index (χ0) is 18.7. The molecule has 1 aromatic heterocycles. The number of likely N-dealkylation sites (tertiary alicyclic amines) is 1. The van der Waals surface area contributed by atoms with Gasteiger partial charge in [-0.05, 0) is 31.0 Å². The highest BCUT2D eigenvalue weighted by molar-refractivity contribution is 5.86. The number of methoxy groups -OCH3 is 1. The molecule has 138 valence electrons. The Hall–Kier alpha value is -2.90. The molecule has 8 heteroatoms. The second-order valence-electron chi connectivity index (χ2n) is 6.26. The number of hydrogen-bond acceptors (Lipinski definition) is 4. The SMILES string of the molecule is COc1ccc(F)cc1CC(=O)N1CCC(n2cc(C(=O)O)cn2)CC1. The first kappa shape index (κ1) is 17.9. The summed E-state index contributed by atoms with van der Waals surface area (Å²) in [6, 6.07) is 4.20. The van der Waals surface area contributed by atoms with E-state index >= 15 is 0 Å². The van der Waals surface area contributed by atoms with E-state index < -0.39 is 11.8 Å². The molecule has 1 saturated heterocycles. The molecule has 1 aromatic carbocycles. The largest absolute Gasteiger partial charge is 0.496 e. The van der Waals surface area contributed by atoms with Gasteiger partial charge in [0, 0.05) is 24.8 Å². The van der Waals surface area contributed by atoms with Gasteiger partial charge >= 0.3 is 5.97 Å². The minimum atomic E-state index is -1.01. The lowest BCUT2D eigenvalue weighted by molar-refractivity contribution is -0.131. The lowest BCUT2D eigenvalue weighted by Gasteiger charge is -2.32. The molecule has 0 atom stereocenters. The maximum Gasteiger partial charge on any atom is 0.338 e. The van der Waals surface area contributed by atoms with Crippen molar-refractivity contribution in [1.82, 2.24) is 14.7 Å². The minimum absolute atomic E-state index is 0.0656. The number of carbonyl (C=O) groups is 2. The van der Waals surface area contributed by atoms with Gasteiger partial charge in [0.25, 0.3) is 0 Å². The fourth-order valence-electron chi connectivity index (χ4n) is 3.19. The molecule has 0 saturated carbocycles. The number of carboxylic acid groups (broad SMARTS) is 1. The first-order valence-corrected chi connectivity index (χ1v) is 8.35. The molecule has 1 aliphatic heterocycles. The first-order chi connectivity index (χ1) is 12.5. The van der Waals surface area contributed by atoms with Gasteiger partial charge < -0.3 is 14.7 Å². The van der Waals surface area contributed by atoms with Gasteiger partial charge in [0.15, 0.2) is 0 Å². The number of carbonyl (C=O) groups excluding carboxylic acids is 1. The van der Waals surface area contributed by atoms with Crippen LogP contribution in [-0.4, -0.2) is 51.9 Å². The van der Waals surface area contributed by atoms with Gasteiger partial charge in [-0.25, -0.2) is 9.18 Å². The maximum absolute atomic E-state index is 13.4. The fourth-order valence-corrected chi connectivity index (χ4v) is 3.19. The zero-order valence-electron chi connectivity index (χ0n) is 14.4. The normalized spacial score (nSPS) is 15.1. The second-order valence-corrected chi connectivity index (χ2v) is 6.26. The Bertz CT molecular complexity index is 813. The molecule has 1 fully saturated rings. The van der Waals surface area contributed by atoms with Crippen molar-refractivity contribution in [3.63, 3.8) is 0 Å². The van der Waals surface area contributed by atoms with E-state index in [1.165, 1.54) is 37.7 Å². The molecule has 0 spiro atoms. The van der Waals surface area contributed by atoms with Crippen LogP contribution in [0.4, 0.5) is 4.39 Å². The van der Waals surface area contributed by atoms with Crippen molar-refractivity contribution in [1.29, 1.82) is 0 Å². The molecule has 0 unspecified atom stereocenters. The van der Waals surface area contributed by atoms with E-state index in [2.05, 4.69) is 5.10 Å². The van der Waals surface area contributed by atoms with Crippen LogP contribution in [0.2, 0.25) is 0 Å². The highest BCUT2D eigenvalue weighted by Crippen LogP contribution is 2.25. The van der Waals surface area contributed by atoms with Crippen LogP contribution < -0.4 is 4.74 Å². The van der Waals surface area contributed by atoms with Crippen molar-refractivity contribution in [2.24, 2.45) is 0 Å². The van der Waals surface area contributed by atoms with E-state index in [1.807, 2.05) is 0 Å². The highest BCUT2D eigenvalue weighted by atomic mass is 19.1. The lowest BCUT2D eigenvalue weighted by atomic mass is 10.0. The average Bonchev–Trinajstić information content (AvgIpc) is 3.12. The van der Waals surface area contributed by atoms with Crippen LogP contribution in [0.25, 0.3) is 0 Å². The number of aromatic carboxylic acids is 1. The smallest absolute Gasteiger partial charge is 0.338 e.